The molecule has 0 spiro atoms. The second-order valence-corrected chi connectivity index (χ2v) is 5.79. The van der Waals surface area contributed by atoms with Gasteiger partial charge in [-0.2, -0.15) is 5.26 Å². The average Bonchev–Trinajstić information content (AvgIpc) is 3.32. The molecule has 0 amide bonds. The molecule has 1 aliphatic carbocycles. The number of nitriles is 1. The minimum atomic E-state index is 0.0603. The van der Waals surface area contributed by atoms with Gasteiger partial charge in [0.2, 0.25) is 0 Å². The van der Waals surface area contributed by atoms with Crippen LogP contribution in [-0.4, -0.2) is 0 Å². The van der Waals surface area contributed by atoms with E-state index in [1.54, 1.807) is 0 Å². The van der Waals surface area contributed by atoms with Crippen molar-refractivity contribution in [1.82, 2.24) is 0 Å². The molecular formula is C21H19N. The van der Waals surface area contributed by atoms with Crippen LogP contribution in [0.5, 0.6) is 0 Å². The van der Waals surface area contributed by atoms with Crippen molar-refractivity contribution in [2.24, 2.45) is 5.92 Å². The van der Waals surface area contributed by atoms with E-state index in [4.69, 9.17) is 5.26 Å². The summed E-state index contributed by atoms with van der Waals surface area (Å²) in [4.78, 5) is 0. The standard InChI is InChI=1S/C21H19N/c22-16-10-2-1-5-15-20-17-21(20,18-11-6-3-7-12-18)19-13-8-4-9-14-19/h3-4,6-9,11-14,20H,1-2,10,17H2/t20-/m0/s1. The van der Waals surface area contributed by atoms with Crippen molar-refractivity contribution in [2.75, 3.05) is 0 Å². The lowest BCUT2D eigenvalue weighted by molar-refractivity contribution is 0.799. The van der Waals surface area contributed by atoms with Gasteiger partial charge in [-0.05, 0) is 24.0 Å². The van der Waals surface area contributed by atoms with Gasteiger partial charge in [-0.15, -0.1) is 5.92 Å². The molecule has 0 aromatic heterocycles. The summed E-state index contributed by atoms with van der Waals surface area (Å²) in [6.45, 7) is 0. The van der Waals surface area contributed by atoms with Crippen molar-refractivity contribution < 1.29 is 0 Å². The van der Waals surface area contributed by atoms with Crippen LogP contribution in [0, 0.1) is 29.1 Å². The van der Waals surface area contributed by atoms with Crippen molar-refractivity contribution in [3.05, 3.63) is 71.8 Å². The fourth-order valence-corrected chi connectivity index (χ4v) is 3.16. The highest BCUT2D eigenvalue weighted by atomic mass is 14.6. The normalized spacial score (nSPS) is 17.9. The Bertz CT molecular complexity index is 674. The molecule has 0 aliphatic heterocycles. The number of nitrogens with zero attached hydrogens (tertiary/aromatic N) is 1. The number of benzene rings is 2. The van der Waals surface area contributed by atoms with Gasteiger partial charge in [-0.25, -0.2) is 0 Å². The summed E-state index contributed by atoms with van der Waals surface area (Å²) in [6.07, 6.45) is 3.39. The van der Waals surface area contributed by atoms with Gasteiger partial charge in [0, 0.05) is 24.2 Å². The quantitative estimate of drug-likeness (QED) is 0.590. The van der Waals surface area contributed by atoms with E-state index in [1.807, 2.05) is 0 Å². The molecule has 0 saturated heterocycles. The molecule has 0 N–H and O–H groups in total. The highest BCUT2D eigenvalue weighted by Gasteiger charge is 2.55. The van der Waals surface area contributed by atoms with Crippen molar-refractivity contribution in [3.63, 3.8) is 0 Å². The Labute approximate surface area is 132 Å². The van der Waals surface area contributed by atoms with Crippen LogP contribution in [0.25, 0.3) is 0 Å². The summed E-state index contributed by atoms with van der Waals surface area (Å²) in [7, 11) is 0. The summed E-state index contributed by atoms with van der Waals surface area (Å²) in [5.74, 6) is 7.11. The molecule has 2 aromatic rings. The molecule has 1 heteroatoms. The van der Waals surface area contributed by atoms with Gasteiger partial charge in [-0.3, -0.25) is 0 Å². The van der Waals surface area contributed by atoms with Crippen LogP contribution in [0.15, 0.2) is 60.7 Å². The van der Waals surface area contributed by atoms with Crippen LogP contribution in [0.4, 0.5) is 0 Å². The molecule has 1 atom stereocenters. The van der Waals surface area contributed by atoms with Gasteiger partial charge in [-0.1, -0.05) is 66.6 Å². The molecule has 3 rings (SSSR count). The summed E-state index contributed by atoms with van der Waals surface area (Å²) < 4.78 is 0. The van der Waals surface area contributed by atoms with Crippen LogP contribution < -0.4 is 0 Å². The molecule has 0 heterocycles. The van der Waals surface area contributed by atoms with E-state index in [0.717, 1.165) is 19.3 Å². The number of hydrogen-bond acceptors (Lipinski definition) is 1. The Morgan fingerprint density at radius 3 is 2.05 bits per heavy atom. The first kappa shape index (κ1) is 14.4. The van der Waals surface area contributed by atoms with E-state index in [2.05, 4.69) is 78.6 Å². The summed E-state index contributed by atoms with van der Waals surface area (Å²) >= 11 is 0. The number of rotatable bonds is 4. The van der Waals surface area contributed by atoms with Gasteiger partial charge in [0.1, 0.15) is 0 Å². The minimum absolute atomic E-state index is 0.0603. The molecule has 1 saturated carbocycles. The lowest BCUT2D eigenvalue weighted by Gasteiger charge is -2.17. The molecule has 1 fully saturated rings. The van der Waals surface area contributed by atoms with Crippen molar-refractivity contribution in [3.8, 4) is 17.9 Å². The topological polar surface area (TPSA) is 23.8 Å². The molecule has 1 aliphatic rings. The predicted molar refractivity (Wildman–Crippen MR) is 89.0 cm³/mol. The predicted octanol–water partition coefficient (Wildman–Crippen LogP) is 4.69. The SMILES string of the molecule is N#CCCCC#C[C@H]1CC1(c1ccccc1)c1ccccc1. The molecular weight excluding hydrogens is 266 g/mol. The third-order valence-corrected chi connectivity index (χ3v) is 4.41. The zero-order valence-electron chi connectivity index (χ0n) is 12.6. The van der Waals surface area contributed by atoms with Crippen molar-refractivity contribution >= 4 is 0 Å². The lowest BCUT2D eigenvalue weighted by atomic mass is 9.86. The van der Waals surface area contributed by atoms with Crippen LogP contribution >= 0.6 is 0 Å². The molecule has 0 radical (unpaired) electrons. The number of hydrogen-bond donors (Lipinski definition) is 0. The average molecular weight is 285 g/mol. The first-order valence-electron chi connectivity index (χ1n) is 7.84. The van der Waals surface area contributed by atoms with E-state index in [1.165, 1.54) is 11.1 Å². The molecule has 2 aromatic carbocycles. The van der Waals surface area contributed by atoms with E-state index < -0.39 is 0 Å². The molecule has 22 heavy (non-hydrogen) atoms. The van der Waals surface area contributed by atoms with Gasteiger partial charge >= 0.3 is 0 Å². The second-order valence-electron chi connectivity index (χ2n) is 5.79. The van der Waals surface area contributed by atoms with E-state index in [-0.39, 0.29) is 5.41 Å². The van der Waals surface area contributed by atoms with Crippen molar-refractivity contribution in [1.29, 1.82) is 5.26 Å². The highest BCUT2D eigenvalue weighted by Crippen LogP contribution is 2.58. The summed E-state index contributed by atoms with van der Waals surface area (Å²) in [5, 5.41) is 8.57. The zero-order chi connectivity index (χ0) is 15.3. The largest absolute Gasteiger partial charge is 0.198 e. The van der Waals surface area contributed by atoms with Gasteiger partial charge in [0.15, 0.2) is 0 Å². The third kappa shape index (κ3) is 2.76. The smallest absolute Gasteiger partial charge is 0.0622 e. The Morgan fingerprint density at radius 1 is 0.909 bits per heavy atom. The van der Waals surface area contributed by atoms with E-state index >= 15 is 0 Å². The lowest BCUT2D eigenvalue weighted by Crippen LogP contribution is -2.11. The van der Waals surface area contributed by atoms with Gasteiger partial charge in [0.25, 0.3) is 0 Å². The Hall–Kier alpha value is -2.51. The minimum Gasteiger partial charge on any atom is -0.198 e. The Morgan fingerprint density at radius 2 is 1.50 bits per heavy atom. The summed E-state index contributed by atoms with van der Waals surface area (Å²) in [5.41, 5.74) is 2.78. The second kappa shape index (κ2) is 6.50. The third-order valence-electron chi connectivity index (χ3n) is 4.41. The first-order valence-corrected chi connectivity index (χ1v) is 7.84. The number of unbranched alkanes of at least 4 members (excludes halogenated alkanes) is 2. The molecule has 108 valence electrons. The fraction of sp³-hybridized carbons (Fsp3) is 0.286. The van der Waals surface area contributed by atoms with Gasteiger partial charge < -0.3 is 0 Å². The maximum absolute atomic E-state index is 8.57. The Kier molecular flexibility index (Phi) is 4.27. The van der Waals surface area contributed by atoms with Crippen LogP contribution in [0.2, 0.25) is 0 Å². The summed E-state index contributed by atoms with van der Waals surface area (Å²) in [6, 6.07) is 23.6. The maximum Gasteiger partial charge on any atom is 0.0622 e. The fourth-order valence-electron chi connectivity index (χ4n) is 3.16. The van der Waals surface area contributed by atoms with Crippen LogP contribution in [-0.2, 0) is 5.41 Å². The maximum atomic E-state index is 8.57. The zero-order valence-corrected chi connectivity index (χ0v) is 12.6. The van der Waals surface area contributed by atoms with E-state index in [0.29, 0.717) is 12.3 Å². The monoisotopic (exact) mass is 285 g/mol. The van der Waals surface area contributed by atoms with Gasteiger partial charge in [0.05, 0.1) is 6.07 Å². The molecule has 1 nitrogen and oxygen atoms in total. The molecule has 0 bridgehead atoms. The highest BCUT2D eigenvalue weighted by molar-refractivity contribution is 5.50. The van der Waals surface area contributed by atoms with Crippen LogP contribution in [0.3, 0.4) is 0 Å². The first-order chi connectivity index (χ1) is 10.9. The Balaban J connectivity index is 1.84. The van der Waals surface area contributed by atoms with Crippen LogP contribution in [0.1, 0.15) is 36.8 Å². The molecule has 0 unspecified atom stereocenters. The van der Waals surface area contributed by atoms with E-state index in [9.17, 15) is 0 Å². The van der Waals surface area contributed by atoms with Crippen molar-refractivity contribution in [2.45, 2.75) is 31.1 Å².